The zero-order valence-corrected chi connectivity index (χ0v) is 9.73. The summed E-state index contributed by atoms with van der Waals surface area (Å²) in [5, 5.41) is 8.72. The maximum absolute atomic E-state index is 12.1. The molecule has 0 bridgehead atoms. The molecule has 84 valence electrons. The van der Waals surface area contributed by atoms with Crippen molar-refractivity contribution in [2.24, 2.45) is 5.92 Å². The summed E-state index contributed by atoms with van der Waals surface area (Å²) in [6, 6.07) is 1.85. The van der Waals surface area contributed by atoms with Gasteiger partial charge < -0.3 is 4.90 Å². The monoisotopic (exact) mass is 209 g/mol. The van der Waals surface area contributed by atoms with Crippen molar-refractivity contribution < 1.29 is 4.79 Å². The molecule has 2 unspecified atom stereocenters. The van der Waals surface area contributed by atoms with Gasteiger partial charge in [0.1, 0.15) is 6.04 Å². The van der Waals surface area contributed by atoms with Gasteiger partial charge in [-0.25, -0.2) is 0 Å². The second-order valence-corrected chi connectivity index (χ2v) is 4.30. The van der Waals surface area contributed by atoms with Crippen molar-refractivity contribution in [3.8, 4) is 6.07 Å². The van der Waals surface area contributed by atoms with E-state index in [2.05, 4.69) is 13.0 Å². The van der Waals surface area contributed by atoms with Crippen molar-refractivity contribution in [1.29, 1.82) is 5.26 Å². The zero-order chi connectivity index (χ0) is 11.4. The highest BCUT2D eigenvalue weighted by Gasteiger charge is 2.31. The molecular formula is C11H19N3O. The molecule has 0 aromatic carbocycles. The van der Waals surface area contributed by atoms with Gasteiger partial charge in [-0.2, -0.15) is 5.26 Å². The van der Waals surface area contributed by atoms with Crippen molar-refractivity contribution >= 4 is 5.91 Å². The van der Waals surface area contributed by atoms with Gasteiger partial charge in [0, 0.05) is 19.6 Å². The first-order valence-electron chi connectivity index (χ1n) is 5.46. The van der Waals surface area contributed by atoms with E-state index >= 15 is 0 Å². The average Bonchev–Trinajstić information content (AvgIpc) is 2.29. The summed E-state index contributed by atoms with van der Waals surface area (Å²) >= 11 is 0. The molecule has 0 N–H and O–H groups in total. The first-order chi connectivity index (χ1) is 7.10. The number of amides is 1. The Morgan fingerprint density at radius 1 is 1.53 bits per heavy atom. The van der Waals surface area contributed by atoms with Gasteiger partial charge in [-0.05, 0) is 19.9 Å². The van der Waals surface area contributed by atoms with Crippen LogP contribution in [0.4, 0.5) is 0 Å². The summed E-state index contributed by atoms with van der Waals surface area (Å²) < 4.78 is 0. The van der Waals surface area contributed by atoms with E-state index in [-0.39, 0.29) is 11.9 Å². The molecule has 0 spiro atoms. The largest absolute Gasteiger partial charge is 0.341 e. The summed E-state index contributed by atoms with van der Waals surface area (Å²) in [5.41, 5.74) is 0. The Kier molecular flexibility index (Phi) is 4.10. The average molecular weight is 209 g/mol. The van der Waals surface area contributed by atoms with Crippen LogP contribution in [0.3, 0.4) is 0 Å². The number of likely N-dealkylation sites (N-methyl/N-ethyl adjacent to an activating group) is 2. The molecule has 0 aliphatic carbocycles. The number of nitriles is 1. The van der Waals surface area contributed by atoms with Crippen molar-refractivity contribution in [2.45, 2.75) is 26.3 Å². The molecule has 1 fully saturated rings. The van der Waals surface area contributed by atoms with Crippen molar-refractivity contribution in [1.82, 2.24) is 9.80 Å². The number of nitrogens with zero attached hydrogens (tertiary/aromatic N) is 3. The number of hydrogen-bond donors (Lipinski definition) is 0. The molecular weight excluding hydrogens is 190 g/mol. The van der Waals surface area contributed by atoms with Crippen LogP contribution in [0, 0.1) is 17.2 Å². The number of carbonyl (C=O) groups is 1. The van der Waals surface area contributed by atoms with Gasteiger partial charge in [0.05, 0.1) is 12.5 Å². The molecule has 1 aliphatic heterocycles. The topological polar surface area (TPSA) is 47.3 Å². The van der Waals surface area contributed by atoms with Gasteiger partial charge in [-0.15, -0.1) is 0 Å². The van der Waals surface area contributed by atoms with Gasteiger partial charge in [-0.1, -0.05) is 6.92 Å². The van der Waals surface area contributed by atoms with Crippen LogP contribution >= 0.6 is 0 Å². The molecule has 1 rings (SSSR count). The van der Waals surface area contributed by atoms with E-state index in [1.54, 1.807) is 0 Å². The summed E-state index contributed by atoms with van der Waals surface area (Å²) in [5.74, 6) is 0.577. The van der Waals surface area contributed by atoms with Gasteiger partial charge in [0.2, 0.25) is 5.91 Å². The summed E-state index contributed by atoms with van der Waals surface area (Å²) in [6.07, 6.45) is 0.290. The highest BCUT2D eigenvalue weighted by Crippen LogP contribution is 2.15. The zero-order valence-electron chi connectivity index (χ0n) is 9.73. The van der Waals surface area contributed by atoms with Crippen LogP contribution in [0.2, 0.25) is 0 Å². The maximum Gasteiger partial charge on any atom is 0.240 e. The Morgan fingerprint density at radius 3 is 2.73 bits per heavy atom. The summed E-state index contributed by atoms with van der Waals surface area (Å²) in [4.78, 5) is 15.9. The van der Waals surface area contributed by atoms with Crippen molar-refractivity contribution in [3.05, 3.63) is 0 Å². The minimum absolute atomic E-state index is 0.103. The third kappa shape index (κ3) is 2.69. The molecule has 0 saturated carbocycles. The Hall–Kier alpha value is -1.08. The van der Waals surface area contributed by atoms with E-state index in [1.165, 1.54) is 0 Å². The molecule has 2 atom stereocenters. The van der Waals surface area contributed by atoms with Crippen molar-refractivity contribution in [2.75, 3.05) is 26.7 Å². The van der Waals surface area contributed by atoms with Gasteiger partial charge in [-0.3, -0.25) is 9.69 Å². The van der Waals surface area contributed by atoms with Gasteiger partial charge >= 0.3 is 0 Å². The third-order valence-electron chi connectivity index (χ3n) is 2.93. The molecule has 1 amide bonds. The second-order valence-electron chi connectivity index (χ2n) is 4.30. The van der Waals surface area contributed by atoms with E-state index < -0.39 is 0 Å². The summed E-state index contributed by atoms with van der Waals surface area (Å²) in [7, 11) is 1.93. The van der Waals surface area contributed by atoms with E-state index in [1.807, 2.05) is 23.8 Å². The molecule has 15 heavy (non-hydrogen) atoms. The lowest BCUT2D eigenvalue weighted by molar-refractivity contribution is -0.134. The molecule has 0 aromatic rings. The fourth-order valence-corrected chi connectivity index (χ4v) is 2.16. The fourth-order valence-electron chi connectivity index (χ4n) is 2.16. The van der Waals surface area contributed by atoms with E-state index in [0.29, 0.717) is 12.3 Å². The predicted octanol–water partition coefficient (Wildman–Crippen LogP) is 0.699. The van der Waals surface area contributed by atoms with E-state index in [4.69, 9.17) is 5.26 Å². The van der Waals surface area contributed by atoms with Crippen LogP contribution in [-0.4, -0.2) is 48.4 Å². The number of carbonyl (C=O) groups excluding carboxylic acids is 1. The molecule has 0 radical (unpaired) electrons. The highest BCUT2D eigenvalue weighted by molar-refractivity contribution is 5.82. The molecule has 4 heteroatoms. The SMILES string of the molecule is CCN1CC(C)CN(C)C(CC#N)C1=O. The molecule has 4 nitrogen and oxygen atoms in total. The molecule has 1 heterocycles. The highest BCUT2D eigenvalue weighted by atomic mass is 16.2. The van der Waals surface area contributed by atoms with Crippen LogP contribution in [0.1, 0.15) is 20.3 Å². The Bertz CT molecular complexity index is 271. The smallest absolute Gasteiger partial charge is 0.240 e. The van der Waals surface area contributed by atoms with Crippen LogP contribution in [-0.2, 0) is 4.79 Å². The molecule has 1 saturated heterocycles. The van der Waals surface area contributed by atoms with Crippen LogP contribution in [0.25, 0.3) is 0 Å². The lowest BCUT2D eigenvalue weighted by Crippen LogP contribution is -2.44. The lowest BCUT2D eigenvalue weighted by Gasteiger charge is -2.25. The minimum atomic E-state index is -0.250. The first-order valence-corrected chi connectivity index (χ1v) is 5.46. The van der Waals surface area contributed by atoms with Crippen LogP contribution in [0.5, 0.6) is 0 Å². The fraction of sp³-hybridized carbons (Fsp3) is 0.818. The van der Waals surface area contributed by atoms with E-state index in [9.17, 15) is 4.79 Å². The maximum atomic E-state index is 12.1. The second kappa shape index (κ2) is 5.13. The summed E-state index contributed by atoms with van der Waals surface area (Å²) in [6.45, 7) is 6.55. The van der Waals surface area contributed by atoms with Crippen LogP contribution in [0.15, 0.2) is 0 Å². The van der Waals surface area contributed by atoms with Crippen molar-refractivity contribution in [3.63, 3.8) is 0 Å². The Morgan fingerprint density at radius 2 is 2.20 bits per heavy atom. The Labute approximate surface area is 91.5 Å². The lowest BCUT2D eigenvalue weighted by atomic mass is 10.1. The normalized spacial score (nSPS) is 28.7. The third-order valence-corrected chi connectivity index (χ3v) is 2.93. The standard InChI is InChI=1S/C11H19N3O/c1-4-14-8-9(2)7-13(3)10(5-6-12)11(14)15/h9-10H,4-5,7-8H2,1-3H3. The van der Waals surface area contributed by atoms with E-state index in [0.717, 1.165) is 19.6 Å². The Balaban J connectivity index is 2.84. The number of rotatable bonds is 2. The predicted molar refractivity (Wildman–Crippen MR) is 58.1 cm³/mol. The first kappa shape index (κ1) is 12.0. The molecule has 0 aromatic heterocycles. The van der Waals surface area contributed by atoms with Crippen LogP contribution < -0.4 is 0 Å². The van der Waals surface area contributed by atoms with Gasteiger partial charge in [0.25, 0.3) is 0 Å². The molecule has 1 aliphatic rings. The minimum Gasteiger partial charge on any atom is -0.341 e. The van der Waals surface area contributed by atoms with Gasteiger partial charge in [0.15, 0.2) is 0 Å². The quantitative estimate of drug-likeness (QED) is 0.672. The number of hydrogen-bond acceptors (Lipinski definition) is 3.